The zero-order valence-corrected chi connectivity index (χ0v) is 14.4. The molecule has 1 aromatic heterocycles. The average molecular weight is 337 g/mol. The van der Waals surface area contributed by atoms with Crippen LogP contribution in [0.5, 0.6) is 5.75 Å². The van der Waals surface area contributed by atoms with E-state index >= 15 is 0 Å². The van der Waals surface area contributed by atoms with Crippen LogP contribution in [-0.2, 0) is 18.3 Å². The van der Waals surface area contributed by atoms with Crippen LogP contribution in [-0.4, -0.2) is 28.6 Å². The van der Waals surface area contributed by atoms with Gasteiger partial charge in [0.2, 0.25) is 5.91 Å². The van der Waals surface area contributed by atoms with E-state index in [9.17, 15) is 4.79 Å². The minimum Gasteiger partial charge on any atom is -0.494 e. The zero-order valence-electron chi connectivity index (χ0n) is 14.4. The molecule has 25 heavy (non-hydrogen) atoms. The Morgan fingerprint density at radius 1 is 1.12 bits per heavy atom. The number of rotatable bonds is 8. The van der Waals surface area contributed by atoms with Crippen molar-refractivity contribution in [2.45, 2.75) is 19.3 Å². The number of para-hydroxylation sites is 3. The van der Waals surface area contributed by atoms with Crippen LogP contribution in [0.25, 0.3) is 11.0 Å². The first-order chi connectivity index (χ1) is 12.2. The van der Waals surface area contributed by atoms with E-state index in [4.69, 9.17) is 4.74 Å². The van der Waals surface area contributed by atoms with Crippen molar-refractivity contribution in [3.8, 4) is 5.75 Å². The number of carbonyl (C=O) groups is 1. The third-order valence-corrected chi connectivity index (χ3v) is 4.11. The summed E-state index contributed by atoms with van der Waals surface area (Å²) < 4.78 is 7.66. The summed E-state index contributed by atoms with van der Waals surface area (Å²) >= 11 is 0. The van der Waals surface area contributed by atoms with E-state index in [2.05, 4.69) is 20.9 Å². The molecule has 0 saturated carbocycles. The highest BCUT2D eigenvalue weighted by atomic mass is 16.5. The number of imidazole rings is 1. The van der Waals surface area contributed by atoms with E-state index in [0.29, 0.717) is 26.0 Å². The van der Waals surface area contributed by atoms with Crippen molar-refractivity contribution >= 4 is 16.9 Å². The topological polar surface area (TPSA) is 56.2 Å². The summed E-state index contributed by atoms with van der Waals surface area (Å²) in [6.45, 7) is 1.14. The summed E-state index contributed by atoms with van der Waals surface area (Å²) in [6.07, 6.45) is 1.89. The monoisotopic (exact) mass is 337 g/mol. The predicted octanol–water partition coefficient (Wildman–Crippen LogP) is 3.09. The van der Waals surface area contributed by atoms with Crippen LogP contribution in [0.3, 0.4) is 0 Å². The van der Waals surface area contributed by atoms with Gasteiger partial charge in [-0.15, -0.1) is 0 Å². The van der Waals surface area contributed by atoms with Gasteiger partial charge in [0.1, 0.15) is 11.6 Å². The second-order valence-corrected chi connectivity index (χ2v) is 5.94. The molecule has 0 fully saturated rings. The Morgan fingerprint density at radius 2 is 1.88 bits per heavy atom. The van der Waals surface area contributed by atoms with Crippen LogP contribution in [0.2, 0.25) is 0 Å². The molecule has 0 unspecified atom stereocenters. The summed E-state index contributed by atoms with van der Waals surface area (Å²) in [5.41, 5.74) is 2.10. The second kappa shape index (κ2) is 8.33. The predicted molar refractivity (Wildman–Crippen MR) is 98.6 cm³/mol. The first-order valence-electron chi connectivity index (χ1n) is 8.59. The second-order valence-electron chi connectivity index (χ2n) is 5.94. The molecule has 1 heterocycles. The molecule has 0 atom stereocenters. The van der Waals surface area contributed by atoms with Crippen molar-refractivity contribution in [1.29, 1.82) is 0 Å². The van der Waals surface area contributed by atoms with Crippen LogP contribution in [0.4, 0.5) is 0 Å². The van der Waals surface area contributed by atoms with Gasteiger partial charge in [0.25, 0.3) is 0 Å². The molecule has 1 N–H and O–H groups in total. The molecule has 0 aliphatic carbocycles. The fourth-order valence-electron chi connectivity index (χ4n) is 2.76. The maximum atomic E-state index is 11.9. The van der Waals surface area contributed by atoms with Crippen LogP contribution < -0.4 is 10.1 Å². The molecule has 0 aliphatic heterocycles. The Balaban J connectivity index is 1.37. The number of nitrogens with one attached hydrogen (secondary N) is 1. The number of aromatic nitrogens is 2. The average Bonchev–Trinajstić information content (AvgIpc) is 2.96. The van der Waals surface area contributed by atoms with Gasteiger partial charge in [-0.1, -0.05) is 30.3 Å². The van der Waals surface area contributed by atoms with E-state index < -0.39 is 0 Å². The summed E-state index contributed by atoms with van der Waals surface area (Å²) in [4.78, 5) is 16.5. The first kappa shape index (κ1) is 17.0. The number of aryl methyl sites for hydroxylation is 1. The number of fused-ring (bicyclic) bond motifs is 1. The molecular formula is C20H23N3O2. The van der Waals surface area contributed by atoms with Crippen LogP contribution in [0.1, 0.15) is 18.7 Å². The highest BCUT2D eigenvalue weighted by molar-refractivity contribution is 5.76. The van der Waals surface area contributed by atoms with Crippen molar-refractivity contribution in [2.75, 3.05) is 13.2 Å². The van der Waals surface area contributed by atoms with Crippen molar-refractivity contribution in [3.63, 3.8) is 0 Å². The number of hydrogen-bond donors (Lipinski definition) is 1. The normalized spacial score (nSPS) is 10.8. The van der Waals surface area contributed by atoms with Gasteiger partial charge >= 0.3 is 0 Å². The minimum absolute atomic E-state index is 0.0513. The van der Waals surface area contributed by atoms with Gasteiger partial charge in [-0.25, -0.2) is 4.98 Å². The third-order valence-electron chi connectivity index (χ3n) is 4.11. The molecule has 2 aromatic carbocycles. The molecule has 5 heteroatoms. The molecule has 0 spiro atoms. The van der Waals surface area contributed by atoms with Crippen molar-refractivity contribution < 1.29 is 9.53 Å². The Hall–Kier alpha value is -2.82. The third kappa shape index (κ3) is 4.59. The van der Waals surface area contributed by atoms with E-state index in [1.54, 1.807) is 0 Å². The largest absolute Gasteiger partial charge is 0.494 e. The number of carbonyl (C=O) groups excluding carboxylic acids is 1. The Labute approximate surface area is 147 Å². The molecule has 5 nitrogen and oxygen atoms in total. The lowest BCUT2D eigenvalue weighted by molar-refractivity contribution is -0.121. The molecule has 1 amide bonds. The minimum atomic E-state index is 0.0513. The highest BCUT2D eigenvalue weighted by Gasteiger charge is 2.07. The van der Waals surface area contributed by atoms with Gasteiger partial charge in [-0.3, -0.25) is 4.79 Å². The molecule has 130 valence electrons. The van der Waals surface area contributed by atoms with Crippen LogP contribution in [0, 0.1) is 0 Å². The first-order valence-corrected chi connectivity index (χ1v) is 8.59. The van der Waals surface area contributed by atoms with Crippen LogP contribution in [0.15, 0.2) is 54.6 Å². The number of nitrogens with zero attached hydrogens (tertiary/aromatic N) is 2. The van der Waals surface area contributed by atoms with Crippen LogP contribution >= 0.6 is 0 Å². The SMILES string of the molecule is Cn1c(CCNC(=O)CCCOc2ccccc2)nc2ccccc21. The van der Waals surface area contributed by atoms with Gasteiger partial charge in [0.05, 0.1) is 17.6 Å². The van der Waals surface area contributed by atoms with E-state index in [1.807, 2.05) is 55.6 Å². The molecule has 3 aromatic rings. The lowest BCUT2D eigenvalue weighted by Gasteiger charge is -2.07. The lowest BCUT2D eigenvalue weighted by atomic mass is 10.3. The van der Waals surface area contributed by atoms with Gasteiger partial charge in [-0.05, 0) is 30.7 Å². The van der Waals surface area contributed by atoms with Gasteiger partial charge in [-0.2, -0.15) is 0 Å². The Kier molecular flexibility index (Phi) is 5.67. The quantitative estimate of drug-likeness (QED) is 0.643. The maximum absolute atomic E-state index is 11.9. The zero-order chi connectivity index (χ0) is 17.5. The summed E-state index contributed by atoms with van der Waals surface area (Å²) in [5, 5.41) is 2.95. The molecule has 0 bridgehead atoms. The van der Waals surface area contributed by atoms with Crippen molar-refractivity contribution in [2.24, 2.45) is 7.05 Å². The standard InChI is InChI=1S/C20H23N3O2/c1-23-18-11-6-5-10-17(18)22-19(23)13-14-21-20(24)12-7-15-25-16-8-3-2-4-9-16/h2-6,8-11H,7,12-15H2,1H3,(H,21,24). The summed E-state index contributed by atoms with van der Waals surface area (Å²) in [7, 11) is 2.01. The van der Waals surface area contributed by atoms with Gasteiger partial charge < -0.3 is 14.6 Å². The number of hydrogen-bond acceptors (Lipinski definition) is 3. The van der Waals surface area contributed by atoms with Gasteiger partial charge in [0.15, 0.2) is 0 Å². The van der Waals surface area contributed by atoms with Gasteiger partial charge in [0, 0.05) is 26.4 Å². The van der Waals surface area contributed by atoms with Crippen molar-refractivity contribution in [1.82, 2.24) is 14.9 Å². The Morgan fingerprint density at radius 3 is 2.68 bits per heavy atom. The molecule has 0 radical (unpaired) electrons. The fourth-order valence-corrected chi connectivity index (χ4v) is 2.76. The van der Waals surface area contributed by atoms with Crippen molar-refractivity contribution in [3.05, 3.63) is 60.4 Å². The highest BCUT2D eigenvalue weighted by Crippen LogP contribution is 2.14. The number of amides is 1. The molecule has 3 rings (SSSR count). The summed E-state index contributed by atoms with van der Waals surface area (Å²) in [6, 6.07) is 17.7. The molecule has 0 saturated heterocycles. The number of ether oxygens (including phenoxy) is 1. The summed E-state index contributed by atoms with van der Waals surface area (Å²) in [5.74, 6) is 1.87. The van der Waals surface area contributed by atoms with E-state index in [-0.39, 0.29) is 5.91 Å². The smallest absolute Gasteiger partial charge is 0.220 e. The molecular weight excluding hydrogens is 314 g/mol. The maximum Gasteiger partial charge on any atom is 0.220 e. The fraction of sp³-hybridized carbons (Fsp3) is 0.300. The van der Waals surface area contributed by atoms with E-state index in [1.165, 1.54) is 0 Å². The molecule has 0 aliphatic rings. The van der Waals surface area contributed by atoms with E-state index in [0.717, 1.165) is 29.0 Å². The lowest BCUT2D eigenvalue weighted by Crippen LogP contribution is -2.26. The number of benzene rings is 2. The Bertz CT molecular complexity index is 827.